The molecule has 1 aliphatic rings. The first-order valence-electron chi connectivity index (χ1n) is 19.4. The lowest BCUT2D eigenvalue weighted by atomic mass is 10.0. The van der Waals surface area contributed by atoms with E-state index in [9.17, 15) is 23.2 Å². The molecule has 1 aliphatic heterocycles. The second kappa shape index (κ2) is 20.3. The van der Waals surface area contributed by atoms with Gasteiger partial charge in [-0.25, -0.2) is 13.6 Å². The van der Waals surface area contributed by atoms with Crippen molar-refractivity contribution in [2.45, 2.75) is 63.8 Å². The van der Waals surface area contributed by atoms with Gasteiger partial charge in [-0.15, -0.1) is 0 Å². The Bertz CT molecular complexity index is 2270. The molecular weight excluding hydrogens is 799 g/mol. The molecule has 1 aromatic heterocycles. The van der Waals surface area contributed by atoms with Crippen molar-refractivity contribution in [2.24, 2.45) is 5.73 Å². The zero-order valence-electron chi connectivity index (χ0n) is 32.3. The van der Waals surface area contributed by atoms with E-state index in [1.807, 2.05) is 47.0 Å². The van der Waals surface area contributed by atoms with E-state index in [2.05, 4.69) is 37.7 Å². The van der Waals surface area contributed by atoms with Gasteiger partial charge in [0.25, 0.3) is 0 Å². The average Bonchev–Trinajstić information content (AvgIpc) is 3.85. The number of hydrogen-bond acceptors (Lipinski definition) is 5. The van der Waals surface area contributed by atoms with Gasteiger partial charge in [0.15, 0.2) is 17.6 Å². The van der Waals surface area contributed by atoms with Crippen LogP contribution in [0.2, 0.25) is 10.0 Å². The van der Waals surface area contributed by atoms with Gasteiger partial charge in [-0.05, 0) is 91.9 Å². The molecule has 0 unspecified atom stereocenters. The molecule has 59 heavy (non-hydrogen) atoms. The number of nitrogens with two attached hydrogens (primary N) is 1. The molecule has 310 valence electrons. The molecule has 16 heteroatoms. The zero-order valence-corrected chi connectivity index (χ0v) is 33.8. The Morgan fingerprint density at radius 1 is 0.797 bits per heavy atom. The second-order valence-corrected chi connectivity index (χ2v) is 15.4. The highest BCUT2D eigenvalue weighted by Crippen LogP contribution is 2.31. The van der Waals surface area contributed by atoms with Gasteiger partial charge in [-0.1, -0.05) is 71.7 Å². The highest BCUT2D eigenvalue weighted by Gasteiger charge is 2.28. The van der Waals surface area contributed by atoms with E-state index < -0.39 is 41.6 Å². The van der Waals surface area contributed by atoms with E-state index in [4.69, 9.17) is 34.3 Å². The lowest BCUT2D eigenvalue weighted by molar-refractivity contribution is -0.130. The molecule has 12 nitrogen and oxygen atoms in total. The van der Waals surface area contributed by atoms with Crippen molar-refractivity contribution in [1.82, 2.24) is 30.7 Å². The van der Waals surface area contributed by atoms with E-state index >= 15 is 0 Å². The van der Waals surface area contributed by atoms with Crippen LogP contribution < -0.4 is 32.3 Å². The fourth-order valence-electron chi connectivity index (χ4n) is 7.15. The number of likely N-dealkylation sites (tertiary alicyclic amines) is 1. The van der Waals surface area contributed by atoms with Crippen LogP contribution in [-0.2, 0) is 35.6 Å². The lowest BCUT2D eigenvalue weighted by Gasteiger charge is -2.24. The number of aromatic nitrogens is 1. The van der Waals surface area contributed by atoms with Gasteiger partial charge in [0.1, 0.15) is 12.1 Å². The molecule has 0 spiro atoms. The van der Waals surface area contributed by atoms with Crippen LogP contribution in [0, 0.1) is 17.0 Å². The van der Waals surface area contributed by atoms with Crippen molar-refractivity contribution in [3.8, 4) is 0 Å². The summed E-state index contributed by atoms with van der Waals surface area (Å²) in [5.41, 5.74) is 9.63. The maximum absolute atomic E-state index is 14.3. The molecule has 2 atom stereocenters. The number of hydrogen-bond donors (Lipinski definition) is 7. The first kappa shape index (κ1) is 42.9. The molecule has 5 aromatic rings. The second-order valence-electron chi connectivity index (χ2n) is 14.5. The van der Waals surface area contributed by atoms with E-state index in [1.165, 1.54) is 6.07 Å². The summed E-state index contributed by atoms with van der Waals surface area (Å²) in [6.45, 7) is 3.63. The summed E-state index contributed by atoms with van der Waals surface area (Å²) in [5, 5.41) is 23.3. The number of guanidine groups is 1. The quantitative estimate of drug-likeness (QED) is 0.0314. The molecule has 0 saturated carbocycles. The van der Waals surface area contributed by atoms with Gasteiger partial charge >= 0.3 is 6.03 Å². The van der Waals surface area contributed by atoms with E-state index in [0.717, 1.165) is 72.2 Å². The Morgan fingerprint density at radius 2 is 1.54 bits per heavy atom. The van der Waals surface area contributed by atoms with E-state index in [-0.39, 0.29) is 37.5 Å². The van der Waals surface area contributed by atoms with Gasteiger partial charge in [-0.3, -0.25) is 19.9 Å². The van der Waals surface area contributed by atoms with Gasteiger partial charge in [0, 0.05) is 58.9 Å². The molecular formula is C43H47Cl2F2N9O3. The lowest BCUT2D eigenvalue weighted by Crippen LogP contribution is -2.55. The number of nitrogens with zero attached hydrogens (tertiary/aromatic N) is 2. The number of fused-ring (bicyclic) bond motifs is 1. The Hall–Kier alpha value is -5.70. The number of carbonyl (C=O) groups excluding carboxylic acids is 3. The minimum Gasteiger partial charge on any atom is -0.370 e. The summed E-state index contributed by atoms with van der Waals surface area (Å²) in [4.78, 5) is 43.6. The van der Waals surface area contributed by atoms with Gasteiger partial charge in [0.2, 0.25) is 11.8 Å². The van der Waals surface area contributed by atoms with Crippen LogP contribution in [0.5, 0.6) is 0 Å². The summed E-state index contributed by atoms with van der Waals surface area (Å²) >= 11 is 13.2. The fraction of sp³-hybridized carbons (Fsp3) is 0.302. The molecule has 2 heterocycles. The number of rotatable bonds is 17. The highest BCUT2D eigenvalue weighted by atomic mass is 35.5. The van der Waals surface area contributed by atoms with E-state index in [0.29, 0.717) is 28.7 Å². The average molecular weight is 847 g/mol. The Morgan fingerprint density at radius 3 is 2.25 bits per heavy atom. The first-order valence-corrected chi connectivity index (χ1v) is 20.2. The summed E-state index contributed by atoms with van der Waals surface area (Å²) in [6, 6.07) is 20.3. The van der Waals surface area contributed by atoms with Crippen LogP contribution >= 0.6 is 23.2 Å². The van der Waals surface area contributed by atoms with Crippen molar-refractivity contribution in [3.63, 3.8) is 0 Å². The van der Waals surface area contributed by atoms with Crippen molar-refractivity contribution in [3.05, 3.63) is 135 Å². The van der Waals surface area contributed by atoms with Crippen LogP contribution in [0.1, 0.15) is 47.9 Å². The van der Waals surface area contributed by atoms with Gasteiger partial charge < -0.3 is 36.9 Å². The molecule has 1 saturated heterocycles. The van der Waals surface area contributed by atoms with Crippen molar-refractivity contribution in [2.75, 3.05) is 25.0 Å². The number of carbonyl (C=O) groups is 3. The Kier molecular flexibility index (Phi) is 14.8. The third-order valence-electron chi connectivity index (χ3n) is 10.2. The summed E-state index contributed by atoms with van der Waals surface area (Å²) in [5.74, 6) is -3.60. The van der Waals surface area contributed by atoms with Crippen LogP contribution in [-0.4, -0.2) is 65.0 Å². The molecule has 1 fully saturated rings. The molecule has 0 radical (unpaired) electrons. The molecule has 4 aromatic carbocycles. The van der Waals surface area contributed by atoms with Crippen molar-refractivity contribution < 1.29 is 23.2 Å². The number of anilines is 1. The third kappa shape index (κ3) is 11.9. The first-order chi connectivity index (χ1) is 28.4. The van der Waals surface area contributed by atoms with Gasteiger partial charge in [0.05, 0.1) is 12.1 Å². The monoisotopic (exact) mass is 845 g/mol. The number of halogens is 4. The van der Waals surface area contributed by atoms with Gasteiger partial charge in [-0.2, -0.15) is 0 Å². The SMILES string of the molecule is N=C(N)NCCC[C@H](NC(=O)[C@H](Cc1ccc(F)c(F)c1)NC(=O)Nc1ccc2c(CN3CCCC3)cn(Cc3c(Cl)cccc3Cl)c2c1)C(=O)NCc1ccccc1. The maximum Gasteiger partial charge on any atom is 0.319 e. The normalized spacial score (nSPS) is 13.8. The fourth-order valence-corrected chi connectivity index (χ4v) is 7.67. The maximum atomic E-state index is 14.3. The smallest absolute Gasteiger partial charge is 0.319 e. The van der Waals surface area contributed by atoms with Crippen LogP contribution in [0.4, 0.5) is 19.3 Å². The summed E-state index contributed by atoms with van der Waals surface area (Å²) in [6.07, 6.45) is 4.67. The minimum atomic E-state index is -1.32. The van der Waals surface area contributed by atoms with Crippen LogP contribution in [0.25, 0.3) is 10.9 Å². The summed E-state index contributed by atoms with van der Waals surface area (Å²) < 4.78 is 30.3. The standard InChI is InChI=1S/C43H47Cl2F2N9O3/c44-33-10-6-11-34(45)32(33)26-56-25-29(24-55-18-4-5-19-55)31-15-14-30(22-39(31)56)52-43(59)54-38(21-28-13-16-35(46)36(47)20-28)41(58)53-37(12-7-17-50-42(48)49)40(57)51-23-27-8-2-1-3-9-27/h1-3,6,8-11,13-16,20,22,25,37-38H,4-5,7,12,17-19,21,23-24,26H2,(H,51,57)(H,53,58)(H4,48,49,50)(H2,52,54,59)/t37-,38-/m0/s1. The topological polar surface area (TPSA) is 169 Å². The van der Waals surface area contributed by atoms with Crippen molar-refractivity contribution >= 4 is 63.6 Å². The third-order valence-corrected chi connectivity index (χ3v) is 10.9. The van der Waals surface area contributed by atoms with Crippen LogP contribution in [0.15, 0.2) is 91.1 Å². The summed E-state index contributed by atoms with van der Waals surface area (Å²) in [7, 11) is 0. The Balaban J connectivity index is 1.23. The van der Waals surface area contributed by atoms with E-state index in [1.54, 1.807) is 24.3 Å². The number of amides is 4. The predicted octanol–water partition coefficient (Wildman–Crippen LogP) is 6.67. The van der Waals surface area contributed by atoms with Crippen molar-refractivity contribution in [1.29, 1.82) is 5.41 Å². The minimum absolute atomic E-state index is 0.162. The largest absolute Gasteiger partial charge is 0.370 e. The predicted molar refractivity (Wildman–Crippen MR) is 227 cm³/mol. The molecule has 6 rings (SSSR count). The zero-order chi connectivity index (χ0) is 41.9. The molecule has 4 amide bonds. The van der Waals surface area contributed by atoms with Crippen LogP contribution in [0.3, 0.4) is 0 Å². The number of nitrogens with one attached hydrogen (secondary N) is 6. The highest BCUT2D eigenvalue weighted by molar-refractivity contribution is 6.36. The molecule has 8 N–H and O–H groups in total. The number of urea groups is 1. The molecule has 0 aliphatic carbocycles. The number of benzene rings is 4. The molecule has 0 bridgehead atoms. The Labute approximate surface area is 351 Å².